The van der Waals surface area contributed by atoms with Gasteiger partial charge in [-0.2, -0.15) is 0 Å². The molecule has 0 radical (unpaired) electrons. The molecule has 0 atom stereocenters. The number of aromatic hydroxyl groups is 1. The first-order valence-electron chi connectivity index (χ1n) is 12.5. The third-order valence-corrected chi connectivity index (χ3v) is 5.72. The topological polar surface area (TPSA) is 121 Å². The number of amides is 1. The number of likely N-dealkylation sites (N-methyl/N-ethyl adjacent to an activating group) is 1. The second kappa shape index (κ2) is 17.0. The molecule has 0 fully saturated rings. The van der Waals surface area contributed by atoms with Crippen molar-refractivity contribution in [2.75, 3.05) is 39.9 Å². The van der Waals surface area contributed by atoms with E-state index in [-0.39, 0.29) is 35.4 Å². The summed E-state index contributed by atoms with van der Waals surface area (Å²) in [5, 5.41) is 21.5. The first-order valence-corrected chi connectivity index (χ1v) is 12.5. The van der Waals surface area contributed by atoms with Crippen molar-refractivity contribution >= 4 is 35.2 Å². The number of hydrogen-bond donors (Lipinski definition) is 3. The molecular formula is C28H38ClN3O6. The predicted octanol–water partition coefficient (Wildman–Crippen LogP) is 5.01. The van der Waals surface area contributed by atoms with Gasteiger partial charge in [-0.3, -0.25) is 4.79 Å². The van der Waals surface area contributed by atoms with Crippen molar-refractivity contribution in [3.63, 3.8) is 0 Å². The highest BCUT2D eigenvalue weighted by atomic mass is 35.5. The molecule has 0 aliphatic heterocycles. The van der Waals surface area contributed by atoms with E-state index in [1.54, 1.807) is 6.07 Å². The average Bonchev–Trinajstić information content (AvgIpc) is 2.91. The molecule has 0 saturated carbocycles. The Kier molecular flexibility index (Phi) is 14.6. The molecule has 1 heterocycles. The lowest BCUT2D eigenvalue weighted by molar-refractivity contribution is 0.0696. The van der Waals surface area contributed by atoms with Crippen molar-refractivity contribution < 1.29 is 29.3 Å². The Morgan fingerprint density at radius 1 is 1.05 bits per heavy atom. The van der Waals surface area contributed by atoms with Crippen LogP contribution in [0.5, 0.6) is 17.4 Å². The zero-order valence-corrected chi connectivity index (χ0v) is 23.2. The van der Waals surface area contributed by atoms with Gasteiger partial charge in [0.1, 0.15) is 0 Å². The van der Waals surface area contributed by atoms with E-state index < -0.39 is 5.97 Å². The monoisotopic (exact) mass is 547 g/mol. The quantitative estimate of drug-likeness (QED) is 0.271. The smallest absolute Gasteiger partial charge is 0.335 e. The number of aromatic carboxylic acids is 1. The minimum Gasteiger partial charge on any atom is -0.504 e. The summed E-state index contributed by atoms with van der Waals surface area (Å²) in [6.45, 7) is 10.4. The number of hydrogen-bond acceptors (Lipinski definition) is 7. The number of carboxylic acids is 1. The second-order valence-corrected chi connectivity index (χ2v) is 8.20. The molecule has 9 nitrogen and oxygen atoms in total. The maximum absolute atomic E-state index is 12.7. The molecule has 0 bridgehead atoms. The molecule has 0 aliphatic rings. The summed E-state index contributed by atoms with van der Waals surface area (Å²) in [5.41, 5.74) is 1.49. The van der Waals surface area contributed by atoms with Gasteiger partial charge in [0, 0.05) is 24.5 Å². The van der Waals surface area contributed by atoms with E-state index in [0.717, 1.165) is 43.4 Å². The van der Waals surface area contributed by atoms with Gasteiger partial charge in [-0.05, 0) is 43.8 Å². The van der Waals surface area contributed by atoms with Crippen LogP contribution < -0.4 is 14.8 Å². The van der Waals surface area contributed by atoms with Crippen LogP contribution in [0.1, 0.15) is 54.3 Å². The molecule has 38 heavy (non-hydrogen) atoms. The summed E-state index contributed by atoms with van der Waals surface area (Å²) >= 11 is 0. The van der Waals surface area contributed by atoms with Crippen molar-refractivity contribution in [3.8, 4) is 17.4 Å². The van der Waals surface area contributed by atoms with Crippen LogP contribution in [0.4, 0.5) is 0 Å². The number of rotatable bonds is 12. The molecule has 10 heteroatoms. The van der Waals surface area contributed by atoms with Crippen LogP contribution in [0.3, 0.4) is 0 Å². The van der Waals surface area contributed by atoms with E-state index in [9.17, 15) is 9.59 Å². The van der Waals surface area contributed by atoms with Crippen molar-refractivity contribution in [3.05, 3.63) is 59.7 Å². The summed E-state index contributed by atoms with van der Waals surface area (Å²) in [6.07, 6.45) is 2.03. The number of phenols is 1. The summed E-state index contributed by atoms with van der Waals surface area (Å²) in [6, 6.07) is 13.3. The Morgan fingerprint density at radius 2 is 1.76 bits per heavy atom. The lowest BCUT2D eigenvalue weighted by Crippen LogP contribution is -2.34. The van der Waals surface area contributed by atoms with Gasteiger partial charge in [0.05, 0.1) is 30.4 Å². The normalized spacial score (nSPS) is 10.2. The van der Waals surface area contributed by atoms with Gasteiger partial charge in [0.15, 0.2) is 11.5 Å². The molecule has 208 valence electrons. The van der Waals surface area contributed by atoms with Crippen molar-refractivity contribution in [2.45, 2.75) is 33.6 Å². The number of aromatic nitrogens is 1. The number of nitrogens with zero attached hydrogens (tertiary/aromatic N) is 2. The molecule has 0 spiro atoms. The number of fused-ring (bicyclic) bond motifs is 1. The molecule has 3 N–H and O–H groups in total. The number of carboxylic acid groups (broad SMARTS) is 1. The van der Waals surface area contributed by atoms with E-state index in [0.29, 0.717) is 24.6 Å². The van der Waals surface area contributed by atoms with Crippen LogP contribution in [0.2, 0.25) is 0 Å². The van der Waals surface area contributed by atoms with Crippen molar-refractivity contribution in [2.24, 2.45) is 0 Å². The minimum absolute atomic E-state index is 0. The van der Waals surface area contributed by atoms with Gasteiger partial charge in [0.25, 0.3) is 5.91 Å². The molecule has 3 rings (SSSR count). The molecule has 1 amide bonds. The Bertz CT molecular complexity index is 1170. The van der Waals surface area contributed by atoms with E-state index in [2.05, 4.69) is 36.0 Å². The third kappa shape index (κ3) is 9.72. The Morgan fingerprint density at radius 3 is 2.39 bits per heavy atom. The van der Waals surface area contributed by atoms with Gasteiger partial charge in [-0.1, -0.05) is 45.4 Å². The van der Waals surface area contributed by atoms with Crippen molar-refractivity contribution in [1.29, 1.82) is 0 Å². The molecule has 3 aromatic rings. The third-order valence-electron chi connectivity index (χ3n) is 5.72. The summed E-state index contributed by atoms with van der Waals surface area (Å²) in [4.78, 5) is 29.9. The fourth-order valence-electron chi connectivity index (χ4n) is 3.51. The number of nitrogens with one attached hydrogen (secondary N) is 1. The number of para-hydroxylation sites is 1. The summed E-state index contributed by atoms with van der Waals surface area (Å²) in [7, 11) is 1.36. The first kappa shape index (κ1) is 32.5. The van der Waals surface area contributed by atoms with Crippen LogP contribution in [0, 0.1) is 0 Å². The van der Waals surface area contributed by atoms with E-state index >= 15 is 0 Å². The first-order chi connectivity index (χ1) is 17.8. The SMILES string of the molecule is CCCCOc1cc(C(=O)NCCN(CC)CC)c2ccccc2n1.COc1cc(C(=O)O)ccc1O.Cl. The van der Waals surface area contributed by atoms with E-state index in [4.69, 9.17) is 19.7 Å². The molecule has 2 aromatic carbocycles. The highest BCUT2D eigenvalue weighted by Crippen LogP contribution is 2.26. The number of carbonyl (C=O) groups is 2. The molecule has 0 unspecified atom stereocenters. The number of ether oxygens (including phenoxy) is 2. The highest BCUT2D eigenvalue weighted by molar-refractivity contribution is 6.06. The molecular weight excluding hydrogens is 510 g/mol. The minimum atomic E-state index is -1.05. The van der Waals surface area contributed by atoms with E-state index in [1.807, 2.05) is 24.3 Å². The highest BCUT2D eigenvalue weighted by Gasteiger charge is 2.14. The van der Waals surface area contributed by atoms with E-state index in [1.165, 1.54) is 25.3 Å². The summed E-state index contributed by atoms with van der Waals surface area (Å²) in [5.74, 6) is -0.516. The van der Waals surface area contributed by atoms with Gasteiger partial charge < -0.3 is 29.9 Å². The fraction of sp³-hybridized carbons (Fsp3) is 0.393. The van der Waals surface area contributed by atoms with Crippen molar-refractivity contribution in [1.82, 2.24) is 15.2 Å². The van der Waals surface area contributed by atoms with Gasteiger partial charge in [-0.25, -0.2) is 9.78 Å². The molecule has 1 aromatic heterocycles. The zero-order chi connectivity index (χ0) is 27.2. The lowest BCUT2D eigenvalue weighted by atomic mass is 10.1. The predicted molar refractivity (Wildman–Crippen MR) is 151 cm³/mol. The van der Waals surface area contributed by atoms with Gasteiger partial charge in [0.2, 0.25) is 5.88 Å². The summed E-state index contributed by atoms with van der Waals surface area (Å²) < 4.78 is 10.4. The Labute approximate surface area is 230 Å². The number of phenolic OH excluding ortho intramolecular Hbond substituents is 1. The number of halogens is 1. The van der Waals surface area contributed by atoms with Crippen LogP contribution >= 0.6 is 12.4 Å². The maximum atomic E-state index is 12.7. The molecule has 0 saturated heterocycles. The van der Waals surface area contributed by atoms with Gasteiger partial charge >= 0.3 is 5.97 Å². The standard InChI is InChI=1S/C20H29N3O2.C8H8O4.ClH/c1-4-7-14-25-19-15-17(16-10-8-9-11-18(16)22-19)20(24)21-12-13-23(5-2)6-3;1-12-7-4-5(8(10)11)2-3-6(7)9;/h8-11,15H,4-7,12-14H2,1-3H3,(H,21,24);2-4,9H,1H3,(H,10,11);1H. The maximum Gasteiger partial charge on any atom is 0.335 e. The van der Waals surface area contributed by atoms with Crippen LogP contribution in [0.15, 0.2) is 48.5 Å². The number of carbonyl (C=O) groups excluding carboxylic acids is 1. The lowest BCUT2D eigenvalue weighted by Gasteiger charge is -2.18. The number of pyridine rings is 1. The van der Waals surface area contributed by atoms with Gasteiger partial charge in [-0.15, -0.1) is 12.4 Å². The average molecular weight is 548 g/mol. The fourth-order valence-corrected chi connectivity index (χ4v) is 3.51. The number of unbranched alkanes of at least 4 members (excludes halogenated alkanes) is 1. The van der Waals surface area contributed by atoms with Crippen LogP contribution in [-0.4, -0.2) is 71.9 Å². The second-order valence-electron chi connectivity index (χ2n) is 8.20. The number of methoxy groups -OCH3 is 1. The zero-order valence-electron chi connectivity index (χ0n) is 22.4. The molecule has 0 aliphatic carbocycles. The Hall–Kier alpha value is -3.56. The number of benzene rings is 2. The van der Waals surface area contributed by atoms with Crippen LogP contribution in [0.25, 0.3) is 10.9 Å². The Balaban J connectivity index is 0.000000468. The largest absolute Gasteiger partial charge is 0.504 e. The van der Waals surface area contributed by atoms with Crippen LogP contribution in [-0.2, 0) is 0 Å².